The minimum absolute atomic E-state index is 0.194. The average Bonchev–Trinajstić information content (AvgIpc) is 3.17. The fourth-order valence-electron chi connectivity index (χ4n) is 2.29. The Kier molecular flexibility index (Phi) is 4.20. The first-order chi connectivity index (χ1) is 12.0. The largest absolute Gasteiger partial charge is 0.308 e. The van der Waals surface area contributed by atoms with E-state index >= 15 is 0 Å². The number of aromatic amines is 2. The van der Waals surface area contributed by atoms with Gasteiger partial charge in [-0.05, 0) is 17.7 Å². The van der Waals surface area contributed by atoms with Crippen molar-refractivity contribution in [2.24, 2.45) is 0 Å². The van der Waals surface area contributed by atoms with Crippen LogP contribution in [0.5, 0.6) is 0 Å². The smallest absolute Gasteiger partial charge is 0.296 e. The summed E-state index contributed by atoms with van der Waals surface area (Å²) in [4.78, 5) is 22.9. The van der Waals surface area contributed by atoms with E-state index in [1.165, 1.54) is 0 Å². The van der Waals surface area contributed by atoms with Crippen molar-refractivity contribution >= 4 is 56.6 Å². The number of nitrogens with one attached hydrogen (secondary N) is 2. The molecular formula is C14H8Cl3N6OS+. The van der Waals surface area contributed by atoms with Gasteiger partial charge in [0.1, 0.15) is 12.2 Å². The van der Waals surface area contributed by atoms with Gasteiger partial charge < -0.3 is 0 Å². The molecule has 4 rings (SSSR count). The van der Waals surface area contributed by atoms with Crippen LogP contribution in [0.3, 0.4) is 0 Å². The van der Waals surface area contributed by atoms with Crippen LogP contribution in [-0.4, -0.2) is 25.3 Å². The molecule has 0 spiro atoms. The Morgan fingerprint density at radius 1 is 1.16 bits per heavy atom. The highest BCUT2D eigenvalue weighted by atomic mass is 35.5. The van der Waals surface area contributed by atoms with E-state index in [1.807, 2.05) is 0 Å². The molecule has 0 saturated heterocycles. The molecule has 3 heterocycles. The van der Waals surface area contributed by atoms with Gasteiger partial charge in [-0.15, -0.1) is 0 Å². The second-order valence-electron chi connectivity index (χ2n) is 5.15. The fraction of sp³-hybridized carbons (Fsp3) is 0.0714. The molecule has 4 aromatic rings. The predicted octanol–water partition coefficient (Wildman–Crippen LogP) is 3.07. The van der Waals surface area contributed by atoms with Gasteiger partial charge in [-0.2, -0.15) is 4.68 Å². The predicted molar refractivity (Wildman–Crippen MR) is 96.4 cm³/mol. The molecule has 0 fully saturated rings. The topological polar surface area (TPSA) is 91.2 Å². The molecule has 0 atom stereocenters. The highest BCUT2D eigenvalue weighted by Gasteiger charge is 2.16. The summed E-state index contributed by atoms with van der Waals surface area (Å²) < 4.78 is 1.75. The van der Waals surface area contributed by atoms with Crippen LogP contribution < -0.4 is 9.55 Å². The number of H-pyrrole nitrogens is 2. The number of halogens is 3. The van der Waals surface area contributed by atoms with Crippen LogP contribution in [0.2, 0.25) is 15.1 Å². The minimum Gasteiger partial charge on any atom is -0.296 e. The third-order valence-electron chi connectivity index (χ3n) is 3.39. The molecule has 7 nitrogen and oxygen atoms in total. The van der Waals surface area contributed by atoms with Crippen LogP contribution in [-0.2, 0) is 6.54 Å². The minimum atomic E-state index is -0.194. The highest BCUT2D eigenvalue weighted by molar-refractivity contribution is 7.15. The zero-order valence-electron chi connectivity index (χ0n) is 12.3. The van der Waals surface area contributed by atoms with Crippen molar-refractivity contribution in [3.8, 4) is 11.4 Å². The van der Waals surface area contributed by atoms with Gasteiger partial charge in [-0.3, -0.25) is 9.78 Å². The summed E-state index contributed by atoms with van der Waals surface area (Å²) in [6.45, 7) is 0.469. The van der Waals surface area contributed by atoms with Crippen molar-refractivity contribution in [1.82, 2.24) is 25.3 Å². The molecule has 1 aromatic carbocycles. The van der Waals surface area contributed by atoms with Gasteiger partial charge in [0.15, 0.2) is 16.7 Å². The van der Waals surface area contributed by atoms with Gasteiger partial charge in [0.05, 0.1) is 21.3 Å². The van der Waals surface area contributed by atoms with Crippen LogP contribution in [0, 0.1) is 0 Å². The molecule has 0 radical (unpaired) electrons. The lowest BCUT2D eigenvalue weighted by atomic mass is 10.2. The molecule has 0 saturated carbocycles. The van der Waals surface area contributed by atoms with Crippen molar-refractivity contribution in [1.29, 1.82) is 0 Å². The maximum Gasteiger partial charge on any atom is 0.308 e. The Hall–Kier alpha value is -2.00. The van der Waals surface area contributed by atoms with E-state index in [9.17, 15) is 4.79 Å². The molecule has 0 aliphatic heterocycles. The third-order valence-corrected chi connectivity index (χ3v) is 5.35. The second-order valence-corrected chi connectivity index (χ2v) is 7.30. The average molecular weight is 415 g/mol. The van der Waals surface area contributed by atoms with Crippen molar-refractivity contribution in [2.75, 3.05) is 0 Å². The molecule has 25 heavy (non-hydrogen) atoms. The van der Waals surface area contributed by atoms with E-state index in [-0.39, 0.29) is 4.87 Å². The summed E-state index contributed by atoms with van der Waals surface area (Å²) in [5.74, 6) is 0. The Morgan fingerprint density at radius 2 is 1.92 bits per heavy atom. The number of hydrogen-bond donors (Lipinski definition) is 2. The van der Waals surface area contributed by atoms with E-state index in [1.54, 1.807) is 29.2 Å². The first kappa shape index (κ1) is 16.5. The van der Waals surface area contributed by atoms with E-state index < -0.39 is 0 Å². The van der Waals surface area contributed by atoms with Crippen LogP contribution in [0.1, 0.15) is 5.56 Å². The third kappa shape index (κ3) is 3.25. The molecule has 0 unspecified atom stereocenters. The molecule has 3 aromatic heterocycles. The second kappa shape index (κ2) is 6.38. The van der Waals surface area contributed by atoms with Gasteiger partial charge in [-0.25, -0.2) is 9.97 Å². The van der Waals surface area contributed by atoms with Crippen molar-refractivity contribution < 1.29 is 4.68 Å². The Bertz CT molecular complexity index is 1130. The van der Waals surface area contributed by atoms with Crippen LogP contribution >= 0.6 is 46.1 Å². The van der Waals surface area contributed by atoms with Gasteiger partial charge in [-0.1, -0.05) is 51.4 Å². The summed E-state index contributed by atoms with van der Waals surface area (Å²) in [5, 5.41) is 8.21. The number of fused-ring (bicyclic) bond motifs is 1. The van der Waals surface area contributed by atoms with Gasteiger partial charge in [0, 0.05) is 5.10 Å². The van der Waals surface area contributed by atoms with Crippen LogP contribution in [0.15, 0.2) is 29.3 Å². The fourth-order valence-corrected chi connectivity index (χ4v) is 3.60. The SMILES string of the molecule is O=c1[nH]c2ncc(-c3c[n+](Cc4cc(Cl)c(Cl)c(Cl)c4)[nH]n3)nc2s1. The number of benzene rings is 1. The molecule has 0 aliphatic carbocycles. The van der Waals surface area contributed by atoms with E-state index in [2.05, 4.69) is 25.3 Å². The summed E-state index contributed by atoms with van der Waals surface area (Å²) >= 11 is 19.1. The lowest BCUT2D eigenvalue weighted by Gasteiger charge is -2.02. The van der Waals surface area contributed by atoms with Crippen molar-refractivity contribution in [3.63, 3.8) is 0 Å². The standard InChI is InChI=1S/C14H7Cl3N6OS/c15-7-1-6(2-8(16)11(7)17)4-23-5-10(21-22-23)9-3-18-12-13(19-9)25-14(24)20-12/h1-3,5H,4H2,(H,18,20,24)/p+1. The summed E-state index contributed by atoms with van der Waals surface area (Å²) in [6.07, 6.45) is 3.34. The molecule has 11 heteroatoms. The number of aromatic nitrogens is 6. The quantitative estimate of drug-likeness (QED) is 0.398. The van der Waals surface area contributed by atoms with E-state index in [4.69, 9.17) is 34.8 Å². The first-order valence-electron chi connectivity index (χ1n) is 6.94. The molecule has 126 valence electrons. The Balaban J connectivity index is 1.64. The monoisotopic (exact) mass is 413 g/mol. The van der Waals surface area contributed by atoms with Crippen molar-refractivity contribution in [2.45, 2.75) is 6.54 Å². The highest BCUT2D eigenvalue weighted by Crippen LogP contribution is 2.31. The maximum absolute atomic E-state index is 11.3. The molecule has 2 N–H and O–H groups in total. The van der Waals surface area contributed by atoms with E-state index in [0.717, 1.165) is 16.9 Å². The lowest BCUT2D eigenvalue weighted by Crippen LogP contribution is -2.35. The van der Waals surface area contributed by atoms with Crippen molar-refractivity contribution in [3.05, 3.63) is 54.8 Å². The molecule has 0 aliphatic rings. The Morgan fingerprint density at radius 3 is 2.68 bits per heavy atom. The van der Waals surface area contributed by atoms with Crippen LogP contribution in [0.4, 0.5) is 0 Å². The molecular weight excluding hydrogens is 407 g/mol. The number of nitrogens with zero attached hydrogens (tertiary/aromatic N) is 4. The zero-order chi connectivity index (χ0) is 17.6. The number of hydrogen-bond acceptors (Lipinski definition) is 5. The lowest BCUT2D eigenvalue weighted by molar-refractivity contribution is -0.745. The first-order valence-corrected chi connectivity index (χ1v) is 8.89. The Labute approximate surface area is 159 Å². The molecule has 0 amide bonds. The summed E-state index contributed by atoms with van der Waals surface area (Å²) in [6, 6.07) is 3.48. The van der Waals surface area contributed by atoms with Crippen LogP contribution in [0.25, 0.3) is 21.9 Å². The summed E-state index contributed by atoms with van der Waals surface area (Å²) in [5.41, 5.74) is 2.49. The number of thiazole rings is 1. The maximum atomic E-state index is 11.3. The van der Waals surface area contributed by atoms with Gasteiger partial charge in [0.2, 0.25) is 0 Å². The summed E-state index contributed by atoms with van der Waals surface area (Å²) in [7, 11) is 0. The number of rotatable bonds is 3. The zero-order valence-corrected chi connectivity index (χ0v) is 15.3. The molecule has 0 bridgehead atoms. The van der Waals surface area contributed by atoms with E-state index in [0.29, 0.717) is 43.5 Å². The normalized spacial score (nSPS) is 11.3. The van der Waals surface area contributed by atoms with Gasteiger partial charge in [0.25, 0.3) is 5.69 Å². The van der Waals surface area contributed by atoms with Gasteiger partial charge >= 0.3 is 4.87 Å².